The molecule has 226 valence electrons. The van der Waals surface area contributed by atoms with E-state index in [1.807, 2.05) is 0 Å². The van der Waals surface area contributed by atoms with Gasteiger partial charge >= 0.3 is 7.12 Å². The minimum atomic E-state index is -0.422. The second-order valence-corrected chi connectivity index (χ2v) is 12.9. The van der Waals surface area contributed by atoms with Gasteiger partial charge < -0.3 is 14.2 Å². The number of hydrogen-bond acceptors (Lipinski definition) is 3. The van der Waals surface area contributed by atoms with Crippen molar-refractivity contribution in [3.63, 3.8) is 0 Å². The third-order valence-corrected chi connectivity index (χ3v) is 9.34. The van der Waals surface area contributed by atoms with E-state index in [-0.39, 0.29) is 0 Å². The van der Waals surface area contributed by atoms with E-state index in [1.165, 1.54) is 11.1 Å². The summed E-state index contributed by atoms with van der Waals surface area (Å²) in [6, 6.07) is 55.9. The van der Waals surface area contributed by atoms with Crippen LogP contribution < -0.4 is 10.4 Å². The van der Waals surface area contributed by atoms with Gasteiger partial charge in [0.15, 0.2) is 0 Å². The average Bonchev–Trinajstić information content (AvgIpc) is 3.32. The number of anilines is 3. The van der Waals surface area contributed by atoms with Crippen LogP contribution in [0.2, 0.25) is 0 Å². The minimum Gasteiger partial charge on any atom is -0.399 e. The van der Waals surface area contributed by atoms with Crippen LogP contribution in [0.25, 0.3) is 33.4 Å². The zero-order chi connectivity index (χ0) is 31.7. The Morgan fingerprint density at radius 3 is 1.26 bits per heavy atom. The number of rotatable bonds is 7. The Bertz CT molecular complexity index is 1850. The summed E-state index contributed by atoms with van der Waals surface area (Å²) in [4.78, 5) is 2.38. The summed E-state index contributed by atoms with van der Waals surface area (Å²) >= 11 is 0. The van der Waals surface area contributed by atoms with Crippen molar-refractivity contribution in [1.29, 1.82) is 0 Å². The van der Waals surface area contributed by atoms with Crippen LogP contribution in [0, 0.1) is 0 Å². The normalized spacial score (nSPS) is 15.1. The van der Waals surface area contributed by atoms with Crippen LogP contribution >= 0.6 is 0 Å². The van der Waals surface area contributed by atoms with E-state index in [0.29, 0.717) is 0 Å². The molecule has 0 atom stereocenters. The first-order valence-corrected chi connectivity index (χ1v) is 16.0. The molecule has 1 fully saturated rings. The van der Waals surface area contributed by atoms with Crippen molar-refractivity contribution in [2.45, 2.75) is 38.9 Å². The number of para-hydroxylation sites is 1. The van der Waals surface area contributed by atoms with E-state index >= 15 is 0 Å². The summed E-state index contributed by atoms with van der Waals surface area (Å²) < 4.78 is 12.8. The van der Waals surface area contributed by atoms with E-state index < -0.39 is 18.3 Å². The number of nitrogens with zero attached hydrogens (tertiary/aromatic N) is 1. The second-order valence-electron chi connectivity index (χ2n) is 12.9. The van der Waals surface area contributed by atoms with Crippen molar-refractivity contribution in [2.24, 2.45) is 0 Å². The fourth-order valence-corrected chi connectivity index (χ4v) is 6.09. The third-order valence-electron chi connectivity index (χ3n) is 9.34. The van der Waals surface area contributed by atoms with Gasteiger partial charge in [-0.05, 0) is 79.7 Å². The molecule has 0 bridgehead atoms. The van der Waals surface area contributed by atoms with Crippen molar-refractivity contribution < 1.29 is 9.31 Å². The predicted molar refractivity (Wildman–Crippen MR) is 193 cm³/mol. The lowest BCUT2D eigenvalue weighted by Gasteiger charge is -2.32. The third kappa shape index (κ3) is 5.67. The van der Waals surface area contributed by atoms with Crippen LogP contribution in [0.5, 0.6) is 0 Å². The fourth-order valence-electron chi connectivity index (χ4n) is 6.09. The van der Waals surface area contributed by atoms with Crippen molar-refractivity contribution in [3.8, 4) is 33.4 Å². The topological polar surface area (TPSA) is 21.7 Å². The average molecular weight is 600 g/mol. The zero-order valence-corrected chi connectivity index (χ0v) is 26.9. The first-order valence-electron chi connectivity index (χ1n) is 16.0. The lowest BCUT2D eigenvalue weighted by molar-refractivity contribution is 0.00578. The SMILES string of the molecule is CC1(C)OB(c2ccc(N(c3ccc(-c4ccccc4)cc3)c3c(-c4ccccc4)cccc3-c3ccccc3)cc2)OC1(C)C. The lowest BCUT2D eigenvalue weighted by Crippen LogP contribution is -2.41. The Balaban J connectivity index is 1.40. The molecule has 7 rings (SSSR count). The molecule has 1 heterocycles. The molecule has 3 nitrogen and oxygen atoms in total. The first-order chi connectivity index (χ1) is 22.3. The van der Waals surface area contributed by atoms with Crippen LogP contribution in [0.4, 0.5) is 17.1 Å². The lowest BCUT2D eigenvalue weighted by atomic mass is 9.79. The molecule has 0 saturated carbocycles. The highest BCUT2D eigenvalue weighted by Crippen LogP contribution is 2.46. The number of benzene rings is 6. The summed E-state index contributed by atoms with van der Waals surface area (Å²) in [6.07, 6.45) is 0. The maximum Gasteiger partial charge on any atom is 0.494 e. The molecule has 0 N–H and O–H groups in total. The molecule has 0 unspecified atom stereocenters. The monoisotopic (exact) mass is 599 g/mol. The van der Waals surface area contributed by atoms with Gasteiger partial charge in [0.25, 0.3) is 0 Å². The Morgan fingerprint density at radius 1 is 0.413 bits per heavy atom. The van der Waals surface area contributed by atoms with Gasteiger partial charge in [-0.2, -0.15) is 0 Å². The van der Waals surface area contributed by atoms with E-state index in [0.717, 1.165) is 44.8 Å². The molecule has 0 radical (unpaired) electrons. The van der Waals surface area contributed by atoms with Crippen molar-refractivity contribution in [1.82, 2.24) is 0 Å². The quantitative estimate of drug-likeness (QED) is 0.171. The van der Waals surface area contributed by atoms with Gasteiger partial charge in [-0.25, -0.2) is 0 Å². The summed E-state index contributed by atoms with van der Waals surface area (Å²) in [5.74, 6) is 0. The predicted octanol–water partition coefficient (Wildman–Crippen LogP) is 10.5. The van der Waals surface area contributed by atoms with Crippen LogP contribution in [-0.4, -0.2) is 18.3 Å². The highest BCUT2D eigenvalue weighted by atomic mass is 16.7. The highest BCUT2D eigenvalue weighted by Gasteiger charge is 2.51. The van der Waals surface area contributed by atoms with Crippen LogP contribution in [0.15, 0.2) is 158 Å². The van der Waals surface area contributed by atoms with Gasteiger partial charge in [-0.1, -0.05) is 133 Å². The molecular weight excluding hydrogens is 561 g/mol. The van der Waals surface area contributed by atoms with Crippen LogP contribution in [0.3, 0.4) is 0 Å². The van der Waals surface area contributed by atoms with E-state index in [9.17, 15) is 0 Å². The van der Waals surface area contributed by atoms with E-state index in [1.54, 1.807) is 0 Å². The molecule has 1 aliphatic heterocycles. The van der Waals surface area contributed by atoms with Crippen molar-refractivity contribution in [2.75, 3.05) is 4.90 Å². The second kappa shape index (κ2) is 12.1. The molecule has 46 heavy (non-hydrogen) atoms. The van der Waals surface area contributed by atoms with Gasteiger partial charge in [0.2, 0.25) is 0 Å². The van der Waals surface area contributed by atoms with Crippen molar-refractivity contribution in [3.05, 3.63) is 158 Å². The molecular formula is C42H38BNO2. The molecule has 1 saturated heterocycles. The Kier molecular flexibility index (Phi) is 7.86. The fraction of sp³-hybridized carbons (Fsp3) is 0.143. The van der Waals surface area contributed by atoms with E-state index in [2.05, 4.69) is 190 Å². The molecule has 6 aromatic carbocycles. The Morgan fingerprint density at radius 2 is 0.804 bits per heavy atom. The standard InChI is InChI=1S/C42H38BNO2/c1-41(2)42(3,4)46-43(45-41)35-25-29-37(30-26-35)44(36-27-23-32(24-28-36)31-15-8-5-9-16-31)40-38(33-17-10-6-11-18-33)21-14-22-39(40)34-19-12-7-13-20-34/h5-30H,1-4H3. The maximum atomic E-state index is 6.39. The molecule has 0 aliphatic carbocycles. The summed E-state index contributed by atoms with van der Waals surface area (Å²) in [6.45, 7) is 8.36. The van der Waals surface area contributed by atoms with Gasteiger partial charge in [-0.3, -0.25) is 0 Å². The largest absolute Gasteiger partial charge is 0.494 e. The minimum absolute atomic E-state index is 0.401. The smallest absolute Gasteiger partial charge is 0.399 e. The zero-order valence-electron chi connectivity index (χ0n) is 26.9. The van der Waals surface area contributed by atoms with Gasteiger partial charge in [-0.15, -0.1) is 0 Å². The molecule has 4 heteroatoms. The summed E-state index contributed by atoms with van der Waals surface area (Å²) in [5.41, 5.74) is 10.5. The Hall–Kier alpha value is -4.90. The van der Waals surface area contributed by atoms with Gasteiger partial charge in [0.05, 0.1) is 16.9 Å². The molecule has 6 aromatic rings. The first kappa shape index (κ1) is 29.8. The van der Waals surface area contributed by atoms with Crippen LogP contribution in [-0.2, 0) is 9.31 Å². The highest BCUT2D eigenvalue weighted by molar-refractivity contribution is 6.62. The van der Waals surface area contributed by atoms with Crippen molar-refractivity contribution >= 4 is 29.6 Å². The summed E-state index contributed by atoms with van der Waals surface area (Å²) in [7, 11) is -0.422. The Labute approximate surface area is 273 Å². The molecule has 1 aliphatic rings. The molecule has 0 spiro atoms. The maximum absolute atomic E-state index is 6.39. The molecule has 0 amide bonds. The number of hydrogen-bond donors (Lipinski definition) is 0. The van der Waals surface area contributed by atoms with Gasteiger partial charge in [0.1, 0.15) is 0 Å². The van der Waals surface area contributed by atoms with Crippen LogP contribution in [0.1, 0.15) is 27.7 Å². The van der Waals surface area contributed by atoms with E-state index in [4.69, 9.17) is 9.31 Å². The molecule has 0 aromatic heterocycles. The van der Waals surface area contributed by atoms with Gasteiger partial charge in [0, 0.05) is 22.5 Å². The summed E-state index contributed by atoms with van der Waals surface area (Å²) in [5, 5.41) is 0.